The number of pyridine rings is 1. The van der Waals surface area contributed by atoms with Crippen LogP contribution in [-0.4, -0.2) is 42.2 Å². The first-order valence-electron chi connectivity index (χ1n) is 8.95. The maximum absolute atomic E-state index is 12.4. The average molecular weight is 360 g/mol. The second-order valence-corrected chi connectivity index (χ2v) is 6.43. The van der Waals surface area contributed by atoms with Crippen LogP contribution in [0.15, 0.2) is 60.7 Å². The molecule has 0 radical (unpaired) electrons. The van der Waals surface area contributed by atoms with E-state index in [1.165, 1.54) is 18.2 Å². The number of ether oxygens (including phenoxy) is 1. The molecule has 0 amide bonds. The third-order valence-electron chi connectivity index (χ3n) is 4.62. The molecule has 1 aliphatic rings. The van der Waals surface area contributed by atoms with Gasteiger partial charge in [-0.05, 0) is 48.6 Å². The van der Waals surface area contributed by atoms with E-state index < -0.39 is 0 Å². The minimum absolute atomic E-state index is 0.127. The van der Waals surface area contributed by atoms with E-state index in [0.29, 0.717) is 18.8 Å². The first-order chi connectivity index (χ1) is 13.2. The summed E-state index contributed by atoms with van der Waals surface area (Å²) in [6, 6.07) is 16.3. The maximum Gasteiger partial charge on any atom is 0.185 e. The van der Waals surface area contributed by atoms with Gasteiger partial charge in [-0.25, -0.2) is 4.98 Å². The van der Waals surface area contributed by atoms with Crippen molar-refractivity contribution < 1.29 is 14.6 Å². The first-order valence-corrected chi connectivity index (χ1v) is 8.95. The molecule has 0 bridgehead atoms. The lowest BCUT2D eigenvalue weighted by atomic mass is 10.1. The average Bonchev–Trinajstić information content (AvgIpc) is 2.72. The molecule has 0 spiro atoms. The highest BCUT2D eigenvalue weighted by molar-refractivity contribution is 6.07. The van der Waals surface area contributed by atoms with Gasteiger partial charge in [-0.15, -0.1) is 0 Å². The number of aromatic hydroxyl groups is 1. The summed E-state index contributed by atoms with van der Waals surface area (Å²) in [5.74, 6) is 0.0137. The van der Waals surface area contributed by atoms with Gasteiger partial charge in [0.15, 0.2) is 5.78 Å². The third-order valence-corrected chi connectivity index (χ3v) is 4.62. The Bertz CT molecular complexity index is 990. The Kier molecular flexibility index (Phi) is 4.85. The zero-order valence-corrected chi connectivity index (χ0v) is 14.8. The SMILES string of the molecule is O=C(/C=C/c1cc(N2CCOCC2)c2ccccc2n1)c1ccc(O)cc1. The molecule has 4 rings (SSSR count). The summed E-state index contributed by atoms with van der Waals surface area (Å²) in [6.07, 6.45) is 3.26. The molecule has 2 aromatic carbocycles. The Morgan fingerprint density at radius 1 is 1.07 bits per heavy atom. The number of rotatable bonds is 4. The zero-order valence-electron chi connectivity index (χ0n) is 14.8. The first kappa shape index (κ1) is 17.2. The Morgan fingerprint density at radius 3 is 2.59 bits per heavy atom. The fourth-order valence-corrected chi connectivity index (χ4v) is 3.21. The number of hydrogen-bond acceptors (Lipinski definition) is 5. The lowest BCUT2D eigenvalue weighted by molar-refractivity contribution is 0.104. The molecule has 1 aromatic heterocycles. The van der Waals surface area contributed by atoms with Crippen molar-refractivity contribution in [3.8, 4) is 5.75 Å². The number of benzene rings is 2. The Hall–Kier alpha value is -3.18. The van der Waals surface area contributed by atoms with Crippen LogP contribution < -0.4 is 4.90 Å². The summed E-state index contributed by atoms with van der Waals surface area (Å²) in [6.45, 7) is 3.09. The minimum Gasteiger partial charge on any atom is -0.508 e. The quantitative estimate of drug-likeness (QED) is 0.568. The molecular formula is C22H20N2O3. The molecule has 3 aromatic rings. The van der Waals surface area contributed by atoms with E-state index in [4.69, 9.17) is 4.74 Å². The van der Waals surface area contributed by atoms with Crippen LogP contribution in [0.1, 0.15) is 16.1 Å². The Morgan fingerprint density at radius 2 is 1.81 bits per heavy atom. The number of fused-ring (bicyclic) bond motifs is 1. The number of nitrogens with zero attached hydrogens (tertiary/aromatic N) is 2. The van der Waals surface area contributed by atoms with Crippen LogP contribution in [0.2, 0.25) is 0 Å². The lowest BCUT2D eigenvalue weighted by Gasteiger charge is -2.30. The van der Waals surface area contributed by atoms with Gasteiger partial charge in [0.25, 0.3) is 0 Å². The van der Waals surface area contributed by atoms with Crippen LogP contribution in [0.5, 0.6) is 5.75 Å². The smallest absolute Gasteiger partial charge is 0.185 e. The molecule has 0 aliphatic carbocycles. The molecule has 5 nitrogen and oxygen atoms in total. The van der Waals surface area contributed by atoms with Gasteiger partial charge in [0.2, 0.25) is 0 Å². The van der Waals surface area contributed by atoms with E-state index in [2.05, 4.69) is 16.0 Å². The van der Waals surface area contributed by atoms with Gasteiger partial charge in [-0.1, -0.05) is 18.2 Å². The lowest BCUT2D eigenvalue weighted by Crippen LogP contribution is -2.36. The topological polar surface area (TPSA) is 62.7 Å². The molecule has 2 heterocycles. The van der Waals surface area contributed by atoms with Crippen LogP contribution in [0.3, 0.4) is 0 Å². The van der Waals surface area contributed by atoms with Gasteiger partial charge in [0, 0.05) is 29.7 Å². The molecule has 5 heteroatoms. The van der Waals surface area contributed by atoms with E-state index in [-0.39, 0.29) is 11.5 Å². The van der Waals surface area contributed by atoms with Gasteiger partial charge in [0.1, 0.15) is 5.75 Å². The number of phenols is 1. The van der Waals surface area contributed by atoms with Crippen LogP contribution in [0, 0.1) is 0 Å². The molecule has 1 fully saturated rings. The fraction of sp³-hybridized carbons (Fsp3) is 0.182. The summed E-state index contributed by atoms with van der Waals surface area (Å²) < 4.78 is 5.47. The number of carbonyl (C=O) groups is 1. The standard InChI is InChI=1S/C22H20N2O3/c25-18-8-5-16(6-9-18)22(26)10-7-17-15-21(24-11-13-27-14-12-24)19-3-1-2-4-20(19)23-17/h1-10,15,25H,11-14H2/b10-7+. The van der Waals surface area contributed by atoms with E-state index in [9.17, 15) is 9.90 Å². The fourth-order valence-electron chi connectivity index (χ4n) is 3.21. The number of carbonyl (C=O) groups excluding carboxylic acids is 1. The maximum atomic E-state index is 12.4. The second-order valence-electron chi connectivity index (χ2n) is 6.43. The number of anilines is 1. The number of ketones is 1. The van der Waals surface area contributed by atoms with E-state index in [0.717, 1.165) is 35.4 Å². The number of allylic oxidation sites excluding steroid dienone is 1. The van der Waals surface area contributed by atoms with Gasteiger partial charge in [-0.3, -0.25) is 4.79 Å². The minimum atomic E-state index is -0.127. The molecule has 27 heavy (non-hydrogen) atoms. The summed E-state index contributed by atoms with van der Waals surface area (Å²) in [5, 5.41) is 10.4. The van der Waals surface area contributed by atoms with Gasteiger partial charge < -0.3 is 14.7 Å². The van der Waals surface area contributed by atoms with Crippen LogP contribution in [0.25, 0.3) is 17.0 Å². The summed E-state index contributed by atoms with van der Waals surface area (Å²) in [4.78, 5) is 19.3. The zero-order chi connectivity index (χ0) is 18.6. The van der Waals surface area contributed by atoms with Gasteiger partial charge >= 0.3 is 0 Å². The van der Waals surface area contributed by atoms with Crippen molar-refractivity contribution in [2.24, 2.45) is 0 Å². The third kappa shape index (κ3) is 3.83. The van der Waals surface area contributed by atoms with Gasteiger partial charge in [-0.2, -0.15) is 0 Å². The predicted molar refractivity (Wildman–Crippen MR) is 106 cm³/mol. The van der Waals surface area contributed by atoms with Crippen molar-refractivity contribution in [2.75, 3.05) is 31.2 Å². The Labute approximate surface area is 157 Å². The van der Waals surface area contributed by atoms with Crippen molar-refractivity contribution in [2.45, 2.75) is 0 Å². The van der Waals surface area contributed by atoms with E-state index in [1.54, 1.807) is 18.2 Å². The molecular weight excluding hydrogens is 340 g/mol. The Balaban J connectivity index is 1.67. The van der Waals surface area contributed by atoms with Crippen LogP contribution in [0.4, 0.5) is 5.69 Å². The predicted octanol–water partition coefficient (Wildman–Crippen LogP) is 3.67. The van der Waals surface area contributed by atoms with Crippen molar-refractivity contribution in [3.63, 3.8) is 0 Å². The van der Waals surface area contributed by atoms with Crippen LogP contribution >= 0.6 is 0 Å². The molecule has 0 unspecified atom stereocenters. The van der Waals surface area contributed by atoms with Crippen molar-refractivity contribution >= 4 is 28.4 Å². The molecule has 1 saturated heterocycles. The molecule has 1 aliphatic heterocycles. The highest BCUT2D eigenvalue weighted by atomic mass is 16.5. The number of aromatic nitrogens is 1. The molecule has 0 atom stereocenters. The highest BCUT2D eigenvalue weighted by Gasteiger charge is 2.15. The number of para-hydroxylation sites is 1. The number of hydrogen-bond donors (Lipinski definition) is 1. The summed E-state index contributed by atoms with van der Waals surface area (Å²) >= 11 is 0. The number of morpholine rings is 1. The molecule has 136 valence electrons. The highest BCUT2D eigenvalue weighted by Crippen LogP contribution is 2.28. The van der Waals surface area contributed by atoms with Crippen molar-refractivity contribution in [1.82, 2.24) is 4.98 Å². The summed E-state index contributed by atoms with van der Waals surface area (Å²) in [5.41, 5.74) is 3.28. The van der Waals surface area contributed by atoms with E-state index >= 15 is 0 Å². The second kappa shape index (κ2) is 7.60. The number of phenolic OH excluding ortho intramolecular Hbond substituents is 1. The van der Waals surface area contributed by atoms with Crippen molar-refractivity contribution in [3.05, 3.63) is 71.9 Å². The normalized spacial score (nSPS) is 14.7. The largest absolute Gasteiger partial charge is 0.508 e. The molecule has 0 saturated carbocycles. The summed E-state index contributed by atoms with van der Waals surface area (Å²) in [7, 11) is 0. The van der Waals surface area contributed by atoms with Crippen molar-refractivity contribution in [1.29, 1.82) is 0 Å². The monoisotopic (exact) mass is 360 g/mol. The van der Waals surface area contributed by atoms with Crippen LogP contribution in [-0.2, 0) is 4.74 Å². The molecule has 1 N–H and O–H groups in total. The van der Waals surface area contributed by atoms with Gasteiger partial charge in [0.05, 0.1) is 24.4 Å². The van der Waals surface area contributed by atoms with E-state index in [1.807, 2.05) is 24.3 Å².